The van der Waals surface area contributed by atoms with Gasteiger partial charge in [0, 0.05) is 12.6 Å². The van der Waals surface area contributed by atoms with Crippen LogP contribution in [0.2, 0.25) is 0 Å². The Bertz CT molecular complexity index is 879. The maximum Gasteiger partial charge on any atom is 0.408 e. The third kappa shape index (κ3) is 13.2. The van der Waals surface area contributed by atoms with Crippen LogP contribution in [0.15, 0.2) is 24.3 Å². The summed E-state index contributed by atoms with van der Waals surface area (Å²) in [6.07, 6.45) is 6.41. The molecule has 0 aliphatic heterocycles. The molecule has 0 bridgehead atoms. The van der Waals surface area contributed by atoms with Crippen molar-refractivity contribution in [2.45, 2.75) is 130 Å². The van der Waals surface area contributed by atoms with E-state index in [1.807, 2.05) is 20.8 Å². The normalized spacial score (nSPS) is 13.9. The van der Waals surface area contributed by atoms with Gasteiger partial charge in [-0.1, -0.05) is 71.9 Å². The smallest absolute Gasteiger partial charge is 0.408 e. The number of carbonyl (C=O) groups excluding carboxylic acids is 3. The molecule has 0 radical (unpaired) electrons. The van der Waals surface area contributed by atoms with Gasteiger partial charge in [0.05, 0.1) is 0 Å². The molecule has 8 heteroatoms. The van der Waals surface area contributed by atoms with E-state index in [1.165, 1.54) is 12.1 Å². The number of rotatable bonds is 16. The van der Waals surface area contributed by atoms with E-state index in [-0.39, 0.29) is 29.5 Å². The second kappa shape index (κ2) is 17.0. The quantitative estimate of drug-likeness (QED) is 0.205. The summed E-state index contributed by atoms with van der Waals surface area (Å²) in [5, 5.41) is 15.8. The summed E-state index contributed by atoms with van der Waals surface area (Å²) in [4.78, 5) is 42.3. The van der Waals surface area contributed by atoms with Gasteiger partial charge in [-0.2, -0.15) is 0 Å². The number of benzene rings is 1. The number of phenolic OH excluding ortho intramolecular Hbond substituents is 1. The maximum atomic E-state index is 14.2. The van der Waals surface area contributed by atoms with Crippen LogP contribution in [0.3, 0.4) is 0 Å². The zero-order valence-corrected chi connectivity index (χ0v) is 25.5. The summed E-state index contributed by atoms with van der Waals surface area (Å²) in [7, 11) is 0. The molecule has 222 valence electrons. The van der Waals surface area contributed by atoms with Gasteiger partial charge < -0.3 is 25.4 Å². The molecule has 1 aromatic carbocycles. The number of hydrogen-bond acceptors (Lipinski definition) is 5. The fraction of sp³-hybridized carbons (Fsp3) is 0.710. The zero-order valence-electron chi connectivity index (χ0n) is 25.5. The second-order valence-corrected chi connectivity index (χ2v) is 12.0. The van der Waals surface area contributed by atoms with Crippen LogP contribution in [-0.2, 0) is 14.3 Å². The van der Waals surface area contributed by atoms with E-state index in [2.05, 4.69) is 24.5 Å². The van der Waals surface area contributed by atoms with Gasteiger partial charge in [-0.25, -0.2) is 4.79 Å². The van der Waals surface area contributed by atoms with Gasteiger partial charge in [-0.15, -0.1) is 0 Å². The topological polar surface area (TPSA) is 108 Å². The fourth-order valence-electron chi connectivity index (χ4n) is 4.55. The maximum absolute atomic E-state index is 14.2. The molecular weight excluding hydrogens is 494 g/mol. The molecule has 0 aliphatic rings. The molecule has 0 fully saturated rings. The Morgan fingerprint density at radius 1 is 0.923 bits per heavy atom. The first kappa shape index (κ1) is 34.3. The summed E-state index contributed by atoms with van der Waals surface area (Å²) >= 11 is 0. The van der Waals surface area contributed by atoms with Crippen molar-refractivity contribution < 1.29 is 24.2 Å². The summed E-state index contributed by atoms with van der Waals surface area (Å²) in [5.74, 6) is -0.393. The highest BCUT2D eigenvalue weighted by atomic mass is 16.6. The Kier molecular flexibility index (Phi) is 15.0. The molecular formula is C31H53N3O5. The lowest BCUT2D eigenvalue weighted by atomic mass is 9.98. The number of ether oxygens (including phenoxy) is 1. The average Bonchev–Trinajstić information content (AvgIpc) is 2.82. The predicted octanol–water partition coefficient (Wildman–Crippen LogP) is 6.48. The van der Waals surface area contributed by atoms with E-state index >= 15 is 0 Å². The molecule has 3 N–H and O–H groups in total. The average molecular weight is 548 g/mol. The molecule has 39 heavy (non-hydrogen) atoms. The molecule has 0 aromatic heterocycles. The van der Waals surface area contributed by atoms with Crippen molar-refractivity contribution in [3.05, 3.63) is 29.8 Å². The largest absolute Gasteiger partial charge is 0.508 e. The van der Waals surface area contributed by atoms with Crippen molar-refractivity contribution in [3.8, 4) is 5.75 Å². The number of alkyl carbamates (subject to hydrolysis) is 1. The molecule has 1 aromatic rings. The second-order valence-electron chi connectivity index (χ2n) is 12.0. The molecule has 0 aliphatic carbocycles. The Morgan fingerprint density at radius 3 is 2.08 bits per heavy atom. The van der Waals surface area contributed by atoms with E-state index in [0.29, 0.717) is 18.5 Å². The van der Waals surface area contributed by atoms with E-state index in [9.17, 15) is 19.5 Å². The van der Waals surface area contributed by atoms with Crippen LogP contribution < -0.4 is 10.6 Å². The Morgan fingerprint density at radius 2 is 1.54 bits per heavy atom. The number of unbranched alkanes of at least 4 members (excludes halogenated alkanes) is 4. The molecule has 3 amide bonds. The highest BCUT2D eigenvalue weighted by molar-refractivity contribution is 5.92. The van der Waals surface area contributed by atoms with Gasteiger partial charge in [0.25, 0.3) is 0 Å². The molecule has 8 nitrogen and oxygen atoms in total. The van der Waals surface area contributed by atoms with Gasteiger partial charge in [0.1, 0.15) is 23.4 Å². The number of nitrogens with zero attached hydrogens (tertiary/aromatic N) is 1. The third-order valence-corrected chi connectivity index (χ3v) is 6.36. The van der Waals surface area contributed by atoms with Crippen LogP contribution in [0.5, 0.6) is 5.75 Å². The van der Waals surface area contributed by atoms with Crippen molar-refractivity contribution in [2.24, 2.45) is 5.92 Å². The molecule has 0 saturated heterocycles. The van der Waals surface area contributed by atoms with E-state index in [1.54, 1.807) is 37.8 Å². The minimum absolute atomic E-state index is 0.0602. The van der Waals surface area contributed by atoms with Gasteiger partial charge in [0.2, 0.25) is 11.8 Å². The lowest BCUT2D eigenvalue weighted by Gasteiger charge is -2.35. The molecule has 1 rings (SSSR count). The summed E-state index contributed by atoms with van der Waals surface area (Å²) in [6.45, 7) is 15.8. The lowest BCUT2D eigenvalue weighted by molar-refractivity contribution is -0.143. The number of aromatic hydroxyl groups is 1. The Balaban J connectivity index is 3.47. The van der Waals surface area contributed by atoms with Crippen molar-refractivity contribution in [3.63, 3.8) is 0 Å². The van der Waals surface area contributed by atoms with E-state index < -0.39 is 23.8 Å². The summed E-state index contributed by atoms with van der Waals surface area (Å²) < 4.78 is 5.46. The van der Waals surface area contributed by atoms with E-state index in [4.69, 9.17) is 4.74 Å². The lowest BCUT2D eigenvalue weighted by Crippen LogP contribution is -2.54. The number of phenols is 1. The first-order valence-corrected chi connectivity index (χ1v) is 14.7. The zero-order chi connectivity index (χ0) is 29.6. The van der Waals surface area contributed by atoms with Crippen LogP contribution in [0.25, 0.3) is 0 Å². The predicted molar refractivity (Wildman–Crippen MR) is 156 cm³/mol. The molecule has 0 spiro atoms. The fourth-order valence-corrected chi connectivity index (χ4v) is 4.55. The molecule has 3 unspecified atom stereocenters. The first-order chi connectivity index (χ1) is 18.3. The molecule has 3 atom stereocenters. The monoisotopic (exact) mass is 547 g/mol. The number of carbonyl (C=O) groups is 3. The Labute approximate surface area is 236 Å². The molecule has 0 heterocycles. The van der Waals surface area contributed by atoms with Gasteiger partial charge in [-0.05, 0) is 70.6 Å². The standard InChI is InChI=1S/C31H53N3O5/c1-9-11-12-13-14-20-34(29(37)26(21-22(3)4)33-30(38)39-31(6,7)8)27(24-16-18-25(35)19-17-24)28(36)32-23(5)15-10-2/h16-19,22-23,26-27,35H,9-15,20-21H2,1-8H3,(H,32,36)(H,33,38). The SMILES string of the molecule is CCCCCCCN(C(=O)C(CC(C)C)NC(=O)OC(C)(C)C)C(C(=O)NC(C)CCC)c1ccc(O)cc1. The Hall–Kier alpha value is -2.77. The third-order valence-electron chi connectivity index (χ3n) is 6.36. The number of hydrogen-bond donors (Lipinski definition) is 3. The van der Waals surface area contributed by atoms with Crippen LogP contribution in [0, 0.1) is 5.92 Å². The van der Waals surface area contributed by atoms with Crippen molar-refractivity contribution in [1.82, 2.24) is 15.5 Å². The van der Waals surface area contributed by atoms with Crippen molar-refractivity contribution in [2.75, 3.05) is 6.54 Å². The van der Waals surface area contributed by atoms with Crippen LogP contribution in [0.4, 0.5) is 4.79 Å². The highest BCUT2D eigenvalue weighted by Gasteiger charge is 2.36. The van der Waals surface area contributed by atoms with Gasteiger partial charge in [-0.3, -0.25) is 9.59 Å². The number of amides is 3. The van der Waals surface area contributed by atoms with Gasteiger partial charge in [0.15, 0.2) is 0 Å². The van der Waals surface area contributed by atoms with Crippen molar-refractivity contribution >= 4 is 17.9 Å². The molecule has 0 saturated carbocycles. The first-order valence-electron chi connectivity index (χ1n) is 14.7. The van der Waals surface area contributed by atoms with Crippen LogP contribution in [-0.4, -0.2) is 52.1 Å². The minimum atomic E-state index is -0.904. The highest BCUT2D eigenvalue weighted by Crippen LogP contribution is 2.26. The van der Waals surface area contributed by atoms with Gasteiger partial charge >= 0.3 is 6.09 Å². The minimum Gasteiger partial charge on any atom is -0.508 e. The van der Waals surface area contributed by atoms with Crippen LogP contribution >= 0.6 is 0 Å². The summed E-state index contributed by atoms with van der Waals surface area (Å²) in [5.41, 5.74) is -0.102. The summed E-state index contributed by atoms with van der Waals surface area (Å²) in [6, 6.07) is 4.60. The van der Waals surface area contributed by atoms with Crippen molar-refractivity contribution in [1.29, 1.82) is 0 Å². The number of nitrogens with one attached hydrogen (secondary N) is 2. The van der Waals surface area contributed by atoms with E-state index in [0.717, 1.165) is 44.9 Å². The van der Waals surface area contributed by atoms with Crippen LogP contribution in [0.1, 0.15) is 118 Å².